The van der Waals surface area contributed by atoms with Crippen LogP contribution in [0, 0.1) is 13.8 Å². The highest BCUT2D eigenvalue weighted by molar-refractivity contribution is 7.16. The molecule has 1 aromatic carbocycles. The molecule has 0 saturated carbocycles. The summed E-state index contributed by atoms with van der Waals surface area (Å²) in [5, 5.41) is 3.30. The van der Waals surface area contributed by atoms with Gasteiger partial charge >= 0.3 is 5.97 Å². The van der Waals surface area contributed by atoms with Gasteiger partial charge < -0.3 is 15.0 Å². The smallest absolute Gasteiger partial charge is 0.341 e. The topological polar surface area (TPSA) is 96.0 Å². The summed E-state index contributed by atoms with van der Waals surface area (Å²) in [5.41, 5.74) is 1.59. The van der Waals surface area contributed by atoms with Crippen LogP contribution >= 0.6 is 11.3 Å². The average Bonchev–Trinajstić information content (AvgIpc) is 3.25. The summed E-state index contributed by atoms with van der Waals surface area (Å²) in [4.78, 5) is 55.1. The molecule has 1 atom stereocenters. The van der Waals surface area contributed by atoms with Gasteiger partial charge in [-0.2, -0.15) is 0 Å². The van der Waals surface area contributed by atoms with Crippen LogP contribution in [0.4, 0.5) is 10.7 Å². The van der Waals surface area contributed by atoms with E-state index in [4.69, 9.17) is 4.74 Å². The first-order valence-corrected chi connectivity index (χ1v) is 11.7. The number of fused-ring (bicyclic) bond motifs is 3. The highest BCUT2D eigenvalue weighted by Crippen LogP contribution is 2.44. The van der Waals surface area contributed by atoms with Crippen molar-refractivity contribution in [1.82, 2.24) is 4.90 Å². The zero-order valence-corrected chi connectivity index (χ0v) is 20.0. The Morgan fingerprint density at radius 3 is 2.67 bits per heavy atom. The van der Waals surface area contributed by atoms with Gasteiger partial charge in [0.2, 0.25) is 11.8 Å². The molecule has 4 rings (SSSR count). The molecule has 1 N–H and O–H groups in total. The van der Waals surface area contributed by atoms with Gasteiger partial charge in [0.05, 0.1) is 23.9 Å². The van der Waals surface area contributed by atoms with Crippen LogP contribution in [-0.2, 0) is 14.3 Å². The predicted octanol–water partition coefficient (Wildman–Crippen LogP) is 3.87. The van der Waals surface area contributed by atoms with Gasteiger partial charge in [0, 0.05) is 24.3 Å². The fourth-order valence-corrected chi connectivity index (χ4v) is 5.76. The Balaban J connectivity index is 1.46. The summed E-state index contributed by atoms with van der Waals surface area (Å²) >= 11 is 1.34. The SMILES string of the molecule is COC(=O)c1c(NC(=O)CCCN2C(=O)c3ccccc3N3C(=O)CCC23C)sc(C)c1C. The molecule has 2 aliphatic heterocycles. The summed E-state index contributed by atoms with van der Waals surface area (Å²) in [6, 6.07) is 7.16. The summed E-state index contributed by atoms with van der Waals surface area (Å²) in [6.45, 7) is 5.96. The van der Waals surface area contributed by atoms with Crippen LogP contribution in [0.5, 0.6) is 0 Å². The predicted molar refractivity (Wildman–Crippen MR) is 126 cm³/mol. The summed E-state index contributed by atoms with van der Waals surface area (Å²) < 4.78 is 4.85. The van der Waals surface area contributed by atoms with Crippen molar-refractivity contribution in [2.45, 2.75) is 52.1 Å². The Morgan fingerprint density at radius 1 is 1.21 bits per heavy atom. The van der Waals surface area contributed by atoms with E-state index in [1.807, 2.05) is 32.9 Å². The number of carbonyl (C=O) groups excluding carboxylic acids is 4. The molecule has 1 saturated heterocycles. The molecule has 33 heavy (non-hydrogen) atoms. The average molecular weight is 470 g/mol. The van der Waals surface area contributed by atoms with Gasteiger partial charge in [0.1, 0.15) is 10.7 Å². The number of nitrogens with one attached hydrogen (secondary N) is 1. The van der Waals surface area contributed by atoms with E-state index in [1.54, 1.807) is 21.9 Å². The van der Waals surface area contributed by atoms with Gasteiger partial charge in [-0.15, -0.1) is 11.3 Å². The van der Waals surface area contributed by atoms with Gasteiger partial charge in [-0.1, -0.05) is 12.1 Å². The van der Waals surface area contributed by atoms with E-state index < -0.39 is 11.6 Å². The molecular formula is C24H27N3O5S. The van der Waals surface area contributed by atoms with Crippen molar-refractivity contribution >= 4 is 45.7 Å². The quantitative estimate of drug-likeness (QED) is 0.648. The molecule has 3 amide bonds. The maximum absolute atomic E-state index is 13.3. The molecule has 9 heteroatoms. The van der Waals surface area contributed by atoms with E-state index in [1.165, 1.54) is 18.4 Å². The molecule has 1 fully saturated rings. The van der Waals surface area contributed by atoms with Crippen molar-refractivity contribution in [3.05, 3.63) is 45.8 Å². The minimum Gasteiger partial charge on any atom is -0.465 e. The molecule has 2 aromatic rings. The van der Waals surface area contributed by atoms with Crippen LogP contribution in [0.2, 0.25) is 0 Å². The van der Waals surface area contributed by atoms with Crippen LogP contribution in [0.25, 0.3) is 0 Å². The number of aryl methyl sites for hydroxylation is 1. The molecule has 1 aromatic heterocycles. The number of rotatable bonds is 6. The number of methoxy groups -OCH3 is 1. The van der Waals surface area contributed by atoms with Crippen molar-refractivity contribution < 1.29 is 23.9 Å². The number of amides is 3. The summed E-state index contributed by atoms with van der Waals surface area (Å²) in [5.74, 6) is -0.852. The van der Waals surface area contributed by atoms with Crippen molar-refractivity contribution in [2.24, 2.45) is 0 Å². The van der Waals surface area contributed by atoms with Crippen molar-refractivity contribution in [3.63, 3.8) is 0 Å². The number of thiophene rings is 1. The van der Waals surface area contributed by atoms with Crippen molar-refractivity contribution in [2.75, 3.05) is 23.9 Å². The summed E-state index contributed by atoms with van der Waals surface area (Å²) in [6.07, 6.45) is 1.52. The third-order valence-corrected chi connectivity index (χ3v) is 7.68. The molecule has 0 radical (unpaired) electrons. The molecule has 0 spiro atoms. The number of esters is 1. The van der Waals surface area contributed by atoms with Gasteiger partial charge in [0.15, 0.2) is 0 Å². The van der Waals surface area contributed by atoms with Crippen LogP contribution in [0.15, 0.2) is 24.3 Å². The maximum Gasteiger partial charge on any atom is 0.341 e. The first-order chi connectivity index (χ1) is 15.7. The minimum absolute atomic E-state index is 0.000956. The number of benzene rings is 1. The van der Waals surface area contributed by atoms with E-state index in [0.29, 0.717) is 47.6 Å². The molecule has 174 valence electrons. The number of para-hydroxylation sites is 1. The van der Waals surface area contributed by atoms with E-state index in [9.17, 15) is 19.2 Å². The maximum atomic E-state index is 13.3. The number of carbonyl (C=O) groups is 4. The van der Waals surface area contributed by atoms with Gasteiger partial charge in [-0.3, -0.25) is 19.3 Å². The zero-order valence-electron chi connectivity index (χ0n) is 19.2. The Hall–Kier alpha value is -3.20. The monoisotopic (exact) mass is 469 g/mol. The van der Waals surface area contributed by atoms with E-state index in [2.05, 4.69) is 5.32 Å². The standard InChI is InChI=1S/C24H27N3O5S/c1-14-15(2)33-21(20(14)23(31)32-4)25-18(28)10-7-13-26-22(30)16-8-5-6-9-17(16)27-19(29)11-12-24(26,27)3/h5-6,8-9H,7,10-13H2,1-4H3,(H,25,28). The lowest BCUT2D eigenvalue weighted by molar-refractivity contribution is -0.118. The summed E-state index contributed by atoms with van der Waals surface area (Å²) in [7, 11) is 1.31. The van der Waals surface area contributed by atoms with Crippen LogP contribution in [0.1, 0.15) is 63.8 Å². The second-order valence-corrected chi connectivity index (χ2v) is 9.78. The first kappa shape index (κ1) is 23.0. The molecule has 1 unspecified atom stereocenters. The highest BCUT2D eigenvalue weighted by Gasteiger charge is 2.52. The van der Waals surface area contributed by atoms with E-state index in [-0.39, 0.29) is 24.1 Å². The minimum atomic E-state index is -0.737. The fourth-order valence-electron chi connectivity index (χ4n) is 4.69. The number of nitrogens with zero attached hydrogens (tertiary/aromatic N) is 2. The molecule has 3 heterocycles. The second kappa shape index (κ2) is 8.62. The van der Waals surface area contributed by atoms with Gasteiger partial charge in [-0.25, -0.2) is 4.79 Å². The van der Waals surface area contributed by atoms with Crippen LogP contribution in [-0.4, -0.2) is 47.9 Å². The molecule has 2 aliphatic rings. The van der Waals surface area contributed by atoms with Gasteiger partial charge in [0.25, 0.3) is 5.91 Å². The number of hydrogen-bond acceptors (Lipinski definition) is 6. The normalized spacial score (nSPS) is 19.4. The first-order valence-electron chi connectivity index (χ1n) is 10.9. The zero-order chi connectivity index (χ0) is 23.9. The number of hydrogen-bond donors (Lipinski definition) is 1. The Morgan fingerprint density at radius 2 is 1.94 bits per heavy atom. The lowest BCUT2D eigenvalue weighted by atomic mass is 9.98. The molecule has 8 nitrogen and oxygen atoms in total. The Labute approximate surface area is 196 Å². The molecule has 0 aliphatic carbocycles. The lowest BCUT2D eigenvalue weighted by Crippen LogP contribution is -2.62. The van der Waals surface area contributed by atoms with Crippen molar-refractivity contribution in [3.8, 4) is 0 Å². The largest absolute Gasteiger partial charge is 0.465 e. The highest BCUT2D eigenvalue weighted by atomic mass is 32.1. The fraction of sp³-hybridized carbons (Fsp3) is 0.417. The molecular weight excluding hydrogens is 442 g/mol. The second-order valence-electron chi connectivity index (χ2n) is 8.55. The van der Waals surface area contributed by atoms with Crippen LogP contribution in [0.3, 0.4) is 0 Å². The van der Waals surface area contributed by atoms with Gasteiger partial charge in [-0.05, 0) is 51.3 Å². The van der Waals surface area contributed by atoms with Crippen LogP contribution < -0.4 is 10.2 Å². The molecule has 0 bridgehead atoms. The third kappa shape index (κ3) is 3.80. The number of ether oxygens (including phenoxy) is 1. The van der Waals surface area contributed by atoms with E-state index in [0.717, 1.165) is 10.4 Å². The lowest BCUT2D eigenvalue weighted by Gasteiger charge is -2.48. The third-order valence-electron chi connectivity index (χ3n) is 6.56. The Bertz CT molecular complexity index is 1160. The number of anilines is 2. The van der Waals surface area contributed by atoms with E-state index >= 15 is 0 Å². The Kier molecular flexibility index (Phi) is 6.00. The van der Waals surface area contributed by atoms with Crippen molar-refractivity contribution in [1.29, 1.82) is 0 Å².